The minimum Gasteiger partial charge on any atom is -0.478 e. The molecule has 3 rings (SSSR count). The van der Waals surface area contributed by atoms with Gasteiger partial charge in [0.05, 0.1) is 21.5 Å². The Balaban J connectivity index is 2.02. The number of halogens is 1. The van der Waals surface area contributed by atoms with Crippen LogP contribution in [0.4, 0.5) is 5.69 Å². The summed E-state index contributed by atoms with van der Waals surface area (Å²) in [5, 5.41) is 15.6. The summed E-state index contributed by atoms with van der Waals surface area (Å²) in [6.45, 7) is 0. The van der Waals surface area contributed by atoms with Gasteiger partial charge in [-0.25, -0.2) is 17.9 Å². The van der Waals surface area contributed by atoms with E-state index in [-0.39, 0.29) is 32.8 Å². The molecule has 1 heterocycles. The maximum absolute atomic E-state index is 12.6. The SMILES string of the molecule is CNS(=O)(=O)c1ccc2onc(C(=O)Nc3ccc(Br)cc3C(=O)O)c2c1. The van der Waals surface area contributed by atoms with E-state index < -0.39 is 21.9 Å². The van der Waals surface area contributed by atoms with Crippen molar-refractivity contribution >= 4 is 54.5 Å². The monoisotopic (exact) mass is 453 g/mol. The van der Waals surface area contributed by atoms with Gasteiger partial charge in [-0.3, -0.25) is 4.79 Å². The fraction of sp³-hybridized carbons (Fsp3) is 0.0625. The Morgan fingerprint density at radius 2 is 1.93 bits per heavy atom. The Labute approximate surface area is 161 Å². The van der Waals surface area contributed by atoms with Gasteiger partial charge in [-0.2, -0.15) is 0 Å². The van der Waals surface area contributed by atoms with Gasteiger partial charge in [-0.1, -0.05) is 21.1 Å². The largest absolute Gasteiger partial charge is 0.478 e. The topological polar surface area (TPSA) is 139 Å². The first-order chi connectivity index (χ1) is 12.7. The first kappa shape index (κ1) is 19.0. The standard InChI is InChI=1S/C16H12BrN3O6S/c1-18-27(24,25)9-3-5-13-11(7-9)14(20-26-13)15(21)19-12-4-2-8(17)6-10(12)16(22)23/h2-7,18H,1H3,(H,19,21)(H,22,23). The van der Waals surface area contributed by atoms with Crippen molar-refractivity contribution < 1.29 is 27.6 Å². The van der Waals surface area contributed by atoms with E-state index in [2.05, 4.69) is 31.1 Å². The van der Waals surface area contributed by atoms with Crippen LogP contribution in [0.5, 0.6) is 0 Å². The number of hydrogen-bond acceptors (Lipinski definition) is 6. The first-order valence-electron chi connectivity index (χ1n) is 7.40. The molecule has 0 atom stereocenters. The second-order valence-corrected chi connectivity index (χ2v) is 8.15. The summed E-state index contributed by atoms with van der Waals surface area (Å²) in [4.78, 5) is 23.9. The van der Waals surface area contributed by atoms with E-state index in [0.29, 0.717) is 4.47 Å². The lowest BCUT2D eigenvalue weighted by Gasteiger charge is -2.08. The highest BCUT2D eigenvalue weighted by atomic mass is 79.9. The van der Waals surface area contributed by atoms with Crippen LogP contribution in [-0.4, -0.2) is 37.6 Å². The molecule has 0 spiro atoms. The third kappa shape index (κ3) is 3.70. The zero-order valence-electron chi connectivity index (χ0n) is 13.7. The van der Waals surface area contributed by atoms with E-state index in [1.54, 1.807) is 6.07 Å². The number of benzene rings is 2. The number of nitrogens with one attached hydrogen (secondary N) is 2. The van der Waals surface area contributed by atoms with Crippen LogP contribution in [0.15, 0.2) is 50.3 Å². The number of fused-ring (bicyclic) bond motifs is 1. The summed E-state index contributed by atoms with van der Waals surface area (Å²) in [5.74, 6) is -1.96. The van der Waals surface area contributed by atoms with E-state index in [0.717, 1.165) is 0 Å². The molecule has 11 heteroatoms. The maximum Gasteiger partial charge on any atom is 0.337 e. The van der Waals surface area contributed by atoms with E-state index >= 15 is 0 Å². The molecule has 0 aliphatic rings. The van der Waals surface area contributed by atoms with Crippen molar-refractivity contribution in [1.82, 2.24) is 9.88 Å². The number of nitrogens with zero attached hydrogens (tertiary/aromatic N) is 1. The minimum absolute atomic E-state index is 0.0610. The number of sulfonamides is 1. The average Bonchev–Trinajstić information content (AvgIpc) is 3.06. The third-order valence-electron chi connectivity index (χ3n) is 3.70. The molecule has 0 saturated carbocycles. The fourth-order valence-electron chi connectivity index (χ4n) is 2.35. The summed E-state index contributed by atoms with van der Waals surface area (Å²) >= 11 is 3.17. The molecule has 0 saturated heterocycles. The molecule has 0 aliphatic heterocycles. The fourth-order valence-corrected chi connectivity index (χ4v) is 3.47. The second kappa shape index (κ2) is 7.10. The number of rotatable bonds is 5. The second-order valence-electron chi connectivity index (χ2n) is 5.35. The summed E-state index contributed by atoms with van der Waals surface area (Å²) < 4.78 is 31.7. The molecular weight excluding hydrogens is 442 g/mol. The Hall–Kier alpha value is -2.76. The number of carbonyl (C=O) groups excluding carboxylic acids is 1. The van der Waals surface area contributed by atoms with Gasteiger partial charge in [0.25, 0.3) is 5.91 Å². The lowest BCUT2D eigenvalue weighted by molar-refractivity contribution is 0.0698. The molecule has 9 nitrogen and oxygen atoms in total. The van der Waals surface area contributed by atoms with Gasteiger partial charge >= 0.3 is 5.97 Å². The molecule has 0 fully saturated rings. The predicted molar refractivity (Wildman–Crippen MR) is 99.3 cm³/mol. The first-order valence-corrected chi connectivity index (χ1v) is 9.67. The van der Waals surface area contributed by atoms with Crippen molar-refractivity contribution in [3.8, 4) is 0 Å². The molecule has 140 valence electrons. The lowest BCUT2D eigenvalue weighted by Crippen LogP contribution is -2.18. The summed E-state index contributed by atoms with van der Waals surface area (Å²) in [7, 11) is -2.46. The molecule has 1 aromatic heterocycles. The quantitative estimate of drug-likeness (QED) is 0.538. The van der Waals surface area contributed by atoms with Gasteiger partial charge in [0.1, 0.15) is 0 Å². The van der Waals surface area contributed by atoms with Crippen molar-refractivity contribution in [2.24, 2.45) is 0 Å². The zero-order valence-corrected chi connectivity index (χ0v) is 16.1. The van der Waals surface area contributed by atoms with Crippen molar-refractivity contribution in [3.63, 3.8) is 0 Å². The summed E-state index contributed by atoms with van der Waals surface area (Å²) in [6, 6.07) is 8.29. The number of hydrogen-bond donors (Lipinski definition) is 3. The van der Waals surface area contributed by atoms with Crippen LogP contribution >= 0.6 is 15.9 Å². The highest BCUT2D eigenvalue weighted by Crippen LogP contribution is 2.25. The number of amides is 1. The third-order valence-corrected chi connectivity index (χ3v) is 5.60. The van der Waals surface area contributed by atoms with E-state index in [1.807, 2.05) is 0 Å². The van der Waals surface area contributed by atoms with Crippen molar-refractivity contribution in [3.05, 3.63) is 52.1 Å². The molecule has 2 aromatic carbocycles. The zero-order chi connectivity index (χ0) is 19.8. The molecule has 0 bridgehead atoms. The van der Waals surface area contributed by atoms with E-state index in [1.165, 1.54) is 37.4 Å². The van der Waals surface area contributed by atoms with Crippen molar-refractivity contribution in [1.29, 1.82) is 0 Å². The number of carboxylic acids is 1. The Morgan fingerprint density at radius 1 is 1.19 bits per heavy atom. The highest BCUT2D eigenvalue weighted by Gasteiger charge is 2.21. The molecule has 27 heavy (non-hydrogen) atoms. The average molecular weight is 454 g/mol. The van der Waals surface area contributed by atoms with Gasteiger partial charge in [-0.05, 0) is 43.4 Å². The van der Waals surface area contributed by atoms with Gasteiger partial charge in [0.15, 0.2) is 11.3 Å². The molecule has 3 N–H and O–H groups in total. The van der Waals surface area contributed by atoms with Crippen LogP contribution in [0.1, 0.15) is 20.8 Å². The van der Waals surface area contributed by atoms with Crippen LogP contribution in [0.3, 0.4) is 0 Å². The van der Waals surface area contributed by atoms with Crippen molar-refractivity contribution in [2.45, 2.75) is 4.90 Å². The number of aromatic carboxylic acids is 1. The number of anilines is 1. The van der Waals surface area contributed by atoms with Crippen LogP contribution < -0.4 is 10.0 Å². The highest BCUT2D eigenvalue weighted by molar-refractivity contribution is 9.10. The maximum atomic E-state index is 12.6. The smallest absolute Gasteiger partial charge is 0.337 e. The number of carbonyl (C=O) groups is 2. The Bertz CT molecular complexity index is 1170. The number of aromatic nitrogens is 1. The van der Waals surface area contributed by atoms with Crippen LogP contribution in [0, 0.1) is 0 Å². The van der Waals surface area contributed by atoms with Gasteiger partial charge in [0, 0.05) is 4.47 Å². The minimum atomic E-state index is -3.73. The van der Waals surface area contributed by atoms with Gasteiger partial charge < -0.3 is 14.9 Å². The molecular formula is C16H12BrN3O6S. The number of carboxylic acid groups (broad SMARTS) is 1. The lowest BCUT2D eigenvalue weighted by atomic mass is 10.1. The van der Waals surface area contributed by atoms with Crippen LogP contribution in [0.2, 0.25) is 0 Å². The van der Waals surface area contributed by atoms with Gasteiger partial charge in [-0.15, -0.1) is 0 Å². The summed E-state index contributed by atoms with van der Waals surface area (Å²) in [6.07, 6.45) is 0. The molecule has 1 amide bonds. The van der Waals surface area contributed by atoms with Crippen molar-refractivity contribution in [2.75, 3.05) is 12.4 Å². The predicted octanol–water partition coefficient (Wildman–Crippen LogP) is 2.45. The van der Waals surface area contributed by atoms with Gasteiger partial charge in [0.2, 0.25) is 10.0 Å². The molecule has 0 aliphatic carbocycles. The van der Waals surface area contributed by atoms with E-state index in [9.17, 15) is 23.1 Å². The molecule has 0 unspecified atom stereocenters. The van der Waals surface area contributed by atoms with E-state index in [4.69, 9.17) is 4.52 Å². The molecule has 3 aromatic rings. The molecule has 0 radical (unpaired) electrons. The summed E-state index contributed by atoms with van der Waals surface area (Å²) in [5.41, 5.74) is -0.0169. The Morgan fingerprint density at radius 3 is 2.59 bits per heavy atom. The normalized spacial score (nSPS) is 11.5. The van der Waals surface area contributed by atoms with Crippen LogP contribution in [-0.2, 0) is 10.0 Å². The van der Waals surface area contributed by atoms with Crippen LogP contribution in [0.25, 0.3) is 11.0 Å². The Kier molecular flexibility index (Phi) is 5.00.